The number of benzene rings is 2. The summed E-state index contributed by atoms with van der Waals surface area (Å²) in [5.41, 5.74) is 0.130. The van der Waals surface area contributed by atoms with Crippen molar-refractivity contribution in [3.05, 3.63) is 78.3 Å². The minimum atomic E-state index is -4.73. The average molecular weight is 445 g/mol. The highest BCUT2D eigenvalue weighted by Crippen LogP contribution is 2.30. The van der Waals surface area contributed by atoms with Gasteiger partial charge in [-0.1, -0.05) is 12.1 Å². The summed E-state index contributed by atoms with van der Waals surface area (Å²) in [4.78, 5) is 18.7. The maximum Gasteiger partial charge on any atom is 0.435 e. The summed E-state index contributed by atoms with van der Waals surface area (Å²) in [5, 5.41) is 6.12. The average Bonchev–Trinajstić information content (AvgIpc) is 3.41. The topological polar surface area (TPSA) is 84.8 Å². The van der Waals surface area contributed by atoms with Crippen LogP contribution in [0.3, 0.4) is 0 Å². The molecule has 32 heavy (non-hydrogen) atoms. The molecule has 0 radical (unpaired) electrons. The van der Waals surface area contributed by atoms with Crippen molar-refractivity contribution in [2.75, 3.05) is 12.4 Å². The minimum absolute atomic E-state index is 0.253. The fraction of sp³-hybridized carbons (Fsp3) is 0.0952. The second-order valence-electron chi connectivity index (χ2n) is 6.64. The Kier molecular flexibility index (Phi) is 5.39. The number of aromatic nitrogens is 4. The van der Waals surface area contributed by atoms with Crippen LogP contribution in [0, 0.1) is 6.08 Å². The van der Waals surface area contributed by atoms with Crippen LogP contribution in [-0.4, -0.2) is 32.8 Å². The summed E-state index contributed by atoms with van der Waals surface area (Å²) < 4.78 is 58.8. The number of carbonyl (C=O) groups excluding carboxylic acids is 1. The maximum atomic E-state index is 13.3. The van der Waals surface area contributed by atoms with Gasteiger partial charge in [0.25, 0.3) is 12.0 Å². The lowest BCUT2D eigenvalue weighted by Gasteiger charge is -2.09. The first-order valence-corrected chi connectivity index (χ1v) is 9.18. The van der Waals surface area contributed by atoms with Gasteiger partial charge in [0.15, 0.2) is 5.69 Å². The van der Waals surface area contributed by atoms with Crippen molar-refractivity contribution in [2.24, 2.45) is 0 Å². The lowest BCUT2D eigenvalue weighted by atomic mass is 10.1. The molecule has 2 N–H and O–H groups in total. The molecule has 0 fully saturated rings. The molecule has 11 heteroatoms. The Balaban J connectivity index is 1.62. The van der Waals surface area contributed by atoms with Crippen LogP contribution in [0.15, 0.2) is 60.8 Å². The third-order valence-electron chi connectivity index (χ3n) is 4.55. The molecule has 0 saturated heterocycles. The molecule has 164 valence electrons. The predicted molar refractivity (Wildman–Crippen MR) is 107 cm³/mol. The summed E-state index contributed by atoms with van der Waals surface area (Å²) in [6.07, 6.45) is -4.15. The SMILES string of the molecule is COc1ccc(-n2nc(C(F)(F)F)cc2C(=O)Nc2ccc(-c3cnc(F)[nH]3)cc2)cc1. The van der Waals surface area contributed by atoms with E-state index in [1.165, 1.54) is 37.6 Å². The van der Waals surface area contributed by atoms with Crippen molar-refractivity contribution in [3.63, 3.8) is 0 Å². The molecule has 0 atom stereocenters. The smallest absolute Gasteiger partial charge is 0.435 e. The van der Waals surface area contributed by atoms with Crippen LogP contribution < -0.4 is 10.1 Å². The van der Waals surface area contributed by atoms with Crippen molar-refractivity contribution >= 4 is 11.6 Å². The Morgan fingerprint density at radius 2 is 1.78 bits per heavy atom. The van der Waals surface area contributed by atoms with E-state index in [1.807, 2.05) is 0 Å². The number of rotatable bonds is 5. The summed E-state index contributed by atoms with van der Waals surface area (Å²) in [6, 6.07) is 13.0. The van der Waals surface area contributed by atoms with Crippen LogP contribution in [0.5, 0.6) is 5.75 Å². The molecular weight excluding hydrogens is 430 g/mol. The van der Waals surface area contributed by atoms with E-state index < -0.39 is 23.9 Å². The molecule has 0 spiro atoms. The number of halogens is 4. The summed E-state index contributed by atoms with van der Waals surface area (Å²) in [5.74, 6) is -0.288. The summed E-state index contributed by atoms with van der Waals surface area (Å²) in [6.45, 7) is 0. The molecule has 4 aromatic rings. The highest BCUT2D eigenvalue weighted by Gasteiger charge is 2.36. The van der Waals surface area contributed by atoms with Crippen LogP contribution in [-0.2, 0) is 6.18 Å². The lowest BCUT2D eigenvalue weighted by Crippen LogP contribution is -2.17. The van der Waals surface area contributed by atoms with E-state index in [1.54, 1.807) is 24.3 Å². The number of imidazole rings is 1. The zero-order chi connectivity index (χ0) is 22.9. The largest absolute Gasteiger partial charge is 0.497 e. The maximum absolute atomic E-state index is 13.3. The number of aromatic amines is 1. The van der Waals surface area contributed by atoms with E-state index in [0.717, 1.165) is 4.68 Å². The Morgan fingerprint density at radius 3 is 2.34 bits per heavy atom. The lowest BCUT2D eigenvalue weighted by molar-refractivity contribution is -0.141. The molecule has 0 saturated carbocycles. The van der Waals surface area contributed by atoms with Crippen molar-refractivity contribution in [2.45, 2.75) is 6.18 Å². The molecule has 2 heterocycles. The first-order chi connectivity index (χ1) is 15.2. The van der Waals surface area contributed by atoms with Crippen molar-refractivity contribution in [1.82, 2.24) is 19.7 Å². The van der Waals surface area contributed by atoms with Gasteiger partial charge in [-0.3, -0.25) is 4.79 Å². The molecule has 0 aliphatic heterocycles. The number of anilines is 1. The monoisotopic (exact) mass is 445 g/mol. The van der Waals surface area contributed by atoms with E-state index in [9.17, 15) is 22.4 Å². The van der Waals surface area contributed by atoms with E-state index in [-0.39, 0.29) is 11.4 Å². The van der Waals surface area contributed by atoms with Gasteiger partial charge >= 0.3 is 6.18 Å². The molecule has 1 amide bonds. The van der Waals surface area contributed by atoms with E-state index >= 15 is 0 Å². The minimum Gasteiger partial charge on any atom is -0.497 e. The van der Waals surface area contributed by atoms with Gasteiger partial charge < -0.3 is 15.0 Å². The van der Waals surface area contributed by atoms with Gasteiger partial charge in [-0.05, 0) is 42.0 Å². The molecule has 2 aromatic heterocycles. The highest BCUT2D eigenvalue weighted by atomic mass is 19.4. The second kappa shape index (κ2) is 8.17. The molecule has 0 aliphatic rings. The zero-order valence-electron chi connectivity index (χ0n) is 16.4. The number of hydrogen-bond acceptors (Lipinski definition) is 4. The second-order valence-corrected chi connectivity index (χ2v) is 6.64. The van der Waals surface area contributed by atoms with Crippen LogP contribution in [0.1, 0.15) is 16.2 Å². The Labute approximate surface area is 178 Å². The third kappa shape index (κ3) is 4.31. The van der Waals surface area contributed by atoms with Gasteiger partial charge in [0.2, 0.25) is 0 Å². The standard InChI is InChI=1S/C21H15F4N5O2/c1-32-15-8-6-14(7-9-15)30-17(10-18(29-30)21(23,24)25)19(31)27-13-4-2-12(3-5-13)16-11-26-20(22)28-16/h2-11H,1H3,(H,26,28)(H,27,31). The summed E-state index contributed by atoms with van der Waals surface area (Å²) >= 11 is 0. The number of hydrogen-bond donors (Lipinski definition) is 2. The van der Waals surface area contributed by atoms with Gasteiger partial charge in [-0.25, -0.2) is 9.67 Å². The Morgan fingerprint density at radius 1 is 1.09 bits per heavy atom. The molecule has 0 unspecified atom stereocenters. The number of H-pyrrole nitrogens is 1. The first-order valence-electron chi connectivity index (χ1n) is 9.18. The number of nitrogens with zero attached hydrogens (tertiary/aromatic N) is 3. The predicted octanol–water partition coefficient (Wildman–Crippen LogP) is 4.68. The van der Waals surface area contributed by atoms with Gasteiger partial charge in [0.1, 0.15) is 11.4 Å². The van der Waals surface area contributed by atoms with Crippen molar-refractivity contribution in [3.8, 4) is 22.7 Å². The molecule has 2 aromatic carbocycles. The molecule has 4 rings (SSSR count). The number of ether oxygens (including phenoxy) is 1. The van der Waals surface area contributed by atoms with Gasteiger partial charge in [-0.15, -0.1) is 0 Å². The van der Waals surface area contributed by atoms with Crippen LogP contribution in [0.4, 0.5) is 23.2 Å². The fourth-order valence-electron chi connectivity index (χ4n) is 2.97. The fourth-order valence-corrected chi connectivity index (χ4v) is 2.97. The molecular formula is C21H15F4N5O2. The molecule has 7 nitrogen and oxygen atoms in total. The van der Waals surface area contributed by atoms with Gasteiger partial charge in [-0.2, -0.15) is 22.7 Å². The quantitative estimate of drug-likeness (QED) is 0.437. The third-order valence-corrected chi connectivity index (χ3v) is 4.55. The van der Waals surface area contributed by atoms with Crippen LogP contribution in [0.2, 0.25) is 0 Å². The number of nitrogens with one attached hydrogen (secondary N) is 2. The number of amides is 1. The number of carbonyl (C=O) groups is 1. The molecule has 0 bridgehead atoms. The normalized spacial score (nSPS) is 11.4. The number of methoxy groups -OCH3 is 1. The Bertz CT molecular complexity index is 1240. The Hall–Kier alpha value is -4.15. The van der Waals surface area contributed by atoms with Crippen molar-refractivity contribution < 1.29 is 27.1 Å². The highest BCUT2D eigenvalue weighted by molar-refractivity contribution is 6.03. The zero-order valence-corrected chi connectivity index (χ0v) is 16.4. The van der Waals surface area contributed by atoms with E-state index in [4.69, 9.17) is 4.74 Å². The number of alkyl halides is 3. The van der Waals surface area contributed by atoms with Gasteiger partial charge in [0.05, 0.1) is 24.7 Å². The van der Waals surface area contributed by atoms with Crippen molar-refractivity contribution in [1.29, 1.82) is 0 Å². The first kappa shape index (κ1) is 21.1. The van der Waals surface area contributed by atoms with Crippen LogP contribution >= 0.6 is 0 Å². The van der Waals surface area contributed by atoms with Crippen LogP contribution in [0.25, 0.3) is 16.9 Å². The van der Waals surface area contributed by atoms with E-state index in [2.05, 4.69) is 20.4 Å². The summed E-state index contributed by atoms with van der Waals surface area (Å²) in [7, 11) is 1.46. The molecule has 0 aliphatic carbocycles. The van der Waals surface area contributed by atoms with E-state index in [0.29, 0.717) is 28.8 Å². The van der Waals surface area contributed by atoms with Gasteiger partial charge in [0, 0.05) is 11.8 Å².